The molecule has 21 heavy (non-hydrogen) atoms. The lowest BCUT2D eigenvalue weighted by molar-refractivity contribution is 0.887. The van der Waals surface area contributed by atoms with E-state index in [9.17, 15) is 0 Å². The average molecular weight is 349 g/mol. The van der Waals surface area contributed by atoms with Crippen LogP contribution in [0.5, 0.6) is 0 Å². The summed E-state index contributed by atoms with van der Waals surface area (Å²) in [5, 5.41) is 3.19. The molecule has 1 saturated heterocycles. The molecule has 3 rings (SSSR count). The van der Waals surface area contributed by atoms with Crippen molar-refractivity contribution < 1.29 is 0 Å². The Morgan fingerprint density at radius 1 is 1.19 bits per heavy atom. The zero-order valence-corrected chi connectivity index (χ0v) is 13.4. The number of nitrogens with zero attached hydrogens (tertiary/aromatic N) is 4. The largest absolute Gasteiger partial charge is 0.368 e. The topological polar surface area (TPSA) is 80.0 Å². The van der Waals surface area contributed by atoms with Crippen LogP contribution in [0.25, 0.3) is 0 Å². The number of aryl methyl sites for hydroxylation is 1. The Hall–Kier alpha value is -1.89. The molecule has 1 fully saturated rings. The number of hydrogen-bond acceptors (Lipinski definition) is 6. The summed E-state index contributed by atoms with van der Waals surface area (Å²) in [5.74, 6) is 1.34. The van der Waals surface area contributed by atoms with Crippen molar-refractivity contribution in [2.45, 2.75) is 19.8 Å². The molecule has 0 atom stereocenters. The fourth-order valence-corrected chi connectivity index (χ4v) is 2.93. The molecule has 0 saturated carbocycles. The third kappa shape index (κ3) is 3.24. The normalized spacial score (nSPS) is 14.5. The fourth-order valence-electron chi connectivity index (χ4n) is 2.34. The maximum absolute atomic E-state index is 5.80. The average Bonchev–Trinajstić information content (AvgIpc) is 2.95. The maximum atomic E-state index is 5.80. The molecule has 0 bridgehead atoms. The Kier molecular flexibility index (Phi) is 3.92. The minimum absolute atomic E-state index is 0.234. The van der Waals surface area contributed by atoms with Gasteiger partial charge in [0.1, 0.15) is 0 Å². The highest BCUT2D eigenvalue weighted by atomic mass is 79.9. The molecule has 1 aliphatic heterocycles. The quantitative estimate of drug-likeness (QED) is 0.887. The van der Waals surface area contributed by atoms with Crippen LogP contribution in [0.4, 0.5) is 23.5 Å². The summed E-state index contributed by atoms with van der Waals surface area (Å²) in [7, 11) is 0. The van der Waals surface area contributed by atoms with E-state index in [0.717, 1.165) is 36.1 Å². The van der Waals surface area contributed by atoms with E-state index >= 15 is 0 Å². The predicted octanol–water partition coefficient (Wildman–Crippen LogP) is 2.87. The molecule has 3 N–H and O–H groups in total. The van der Waals surface area contributed by atoms with Crippen molar-refractivity contribution in [1.29, 1.82) is 0 Å². The first-order chi connectivity index (χ1) is 10.1. The van der Waals surface area contributed by atoms with E-state index in [4.69, 9.17) is 5.73 Å². The SMILES string of the molecule is Cc1ccc(Nc2nc(N)nc(N3CCCC3)n2)c(Br)c1. The molecule has 2 heterocycles. The highest BCUT2D eigenvalue weighted by Crippen LogP contribution is 2.26. The Morgan fingerprint density at radius 2 is 1.95 bits per heavy atom. The van der Waals surface area contributed by atoms with Gasteiger partial charge < -0.3 is 16.0 Å². The van der Waals surface area contributed by atoms with Crippen LogP contribution in [0.1, 0.15) is 18.4 Å². The lowest BCUT2D eigenvalue weighted by Crippen LogP contribution is -2.22. The maximum Gasteiger partial charge on any atom is 0.233 e. The number of nitrogen functional groups attached to an aromatic ring is 1. The first-order valence-corrected chi connectivity index (χ1v) is 7.71. The number of nitrogens with two attached hydrogens (primary N) is 1. The number of benzene rings is 1. The van der Waals surface area contributed by atoms with E-state index in [0.29, 0.717) is 11.9 Å². The summed E-state index contributed by atoms with van der Waals surface area (Å²) in [5.41, 5.74) is 7.88. The lowest BCUT2D eigenvalue weighted by atomic mass is 10.2. The number of anilines is 4. The first kappa shape index (κ1) is 14.1. The number of aromatic nitrogens is 3. The summed E-state index contributed by atoms with van der Waals surface area (Å²) in [6.07, 6.45) is 2.33. The van der Waals surface area contributed by atoms with Gasteiger partial charge in [0.05, 0.1) is 5.69 Å². The molecule has 0 aliphatic carbocycles. The molecular formula is C14H17BrN6. The summed E-state index contributed by atoms with van der Waals surface area (Å²) < 4.78 is 0.962. The van der Waals surface area contributed by atoms with E-state index in [1.165, 1.54) is 5.56 Å². The molecule has 1 aromatic carbocycles. The van der Waals surface area contributed by atoms with Crippen molar-refractivity contribution >= 4 is 39.5 Å². The lowest BCUT2D eigenvalue weighted by Gasteiger charge is -2.16. The van der Waals surface area contributed by atoms with Gasteiger partial charge >= 0.3 is 0 Å². The fraction of sp³-hybridized carbons (Fsp3) is 0.357. The van der Waals surface area contributed by atoms with Crippen molar-refractivity contribution in [2.24, 2.45) is 0 Å². The van der Waals surface area contributed by atoms with Crippen molar-refractivity contribution in [3.63, 3.8) is 0 Å². The van der Waals surface area contributed by atoms with Gasteiger partial charge in [0.15, 0.2) is 0 Å². The summed E-state index contributed by atoms with van der Waals surface area (Å²) in [6, 6.07) is 6.04. The van der Waals surface area contributed by atoms with Crippen LogP contribution in [0.2, 0.25) is 0 Å². The van der Waals surface area contributed by atoms with Crippen molar-refractivity contribution in [1.82, 2.24) is 15.0 Å². The van der Waals surface area contributed by atoms with E-state index in [-0.39, 0.29) is 5.95 Å². The second-order valence-corrected chi connectivity index (χ2v) is 5.97. The van der Waals surface area contributed by atoms with Gasteiger partial charge in [-0.25, -0.2) is 0 Å². The van der Waals surface area contributed by atoms with E-state index in [2.05, 4.69) is 41.1 Å². The van der Waals surface area contributed by atoms with Crippen LogP contribution in [0, 0.1) is 6.92 Å². The Labute approximate surface area is 131 Å². The van der Waals surface area contributed by atoms with Gasteiger partial charge in [-0.1, -0.05) is 6.07 Å². The van der Waals surface area contributed by atoms with Crippen LogP contribution >= 0.6 is 15.9 Å². The minimum atomic E-state index is 0.234. The first-order valence-electron chi connectivity index (χ1n) is 6.91. The predicted molar refractivity (Wildman–Crippen MR) is 87.8 cm³/mol. The van der Waals surface area contributed by atoms with Gasteiger partial charge in [0.2, 0.25) is 17.8 Å². The molecule has 2 aromatic rings. The van der Waals surface area contributed by atoms with Crippen LogP contribution in [0.15, 0.2) is 22.7 Å². The zero-order valence-electron chi connectivity index (χ0n) is 11.8. The molecule has 0 unspecified atom stereocenters. The Balaban J connectivity index is 1.87. The molecule has 1 aliphatic rings. The van der Waals surface area contributed by atoms with Gasteiger partial charge in [-0.05, 0) is 53.4 Å². The number of rotatable bonds is 3. The zero-order chi connectivity index (χ0) is 14.8. The van der Waals surface area contributed by atoms with E-state index in [1.54, 1.807) is 0 Å². The highest BCUT2D eigenvalue weighted by Gasteiger charge is 2.17. The molecule has 0 radical (unpaired) electrons. The number of halogens is 1. The minimum Gasteiger partial charge on any atom is -0.368 e. The molecule has 110 valence electrons. The molecule has 0 amide bonds. The van der Waals surface area contributed by atoms with Gasteiger partial charge in [0, 0.05) is 17.6 Å². The molecule has 0 spiro atoms. The van der Waals surface area contributed by atoms with Crippen LogP contribution in [-0.4, -0.2) is 28.0 Å². The highest BCUT2D eigenvalue weighted by molar-refractivity contribution is 9.10. The van der Waals surface area contributed by atoms with E-state index in [1.807, 2.05) is 25.1 Å². The third-order valence-electron chi connectivity index (χ3n) is 3.40. The van der Waals surface area contributed by atoms with Gasteiger partial charge in [-0.15, -0.1) is 0 Å². The van der Waals surface area contributed by atoms with Gasteiger partial charge in [-0.2, -0.15) is 15.0 Å². The van der Waals surface area contributed by atoms with Crippen LogP contribution in [0.3, 0.4) is 0 Å². The standard InChI is InChI=1S/C14H17BrN6/c1-9-4-5-11(10(15)8-9)17-13-18-12(16)19-14(20-13)21-6-2-3-7-21/h4-5,8H,2-3,6-7H2,1H3,(H3,16,17,18,19,20). The van der Waals surface area contributed by atoms with Crippen molar-refractivity contribution in [3.05, 3.63) is 28.2 Å². The van der Waals surface area contributed by atoms with Gasteiger partial charge in [-0.3, -0.25) is 0 Å². The molecule has 7 heteroatoms. The third-order valence-corrected chi connectivity index (χ3v) is 4.06. The summed E-state index contributed by atoms with van der Waals surface area (Å²) in [6.45, 7) is 3.98. The molecular weight excluding hydrogens is 332 g/mol. The van der Waals surface area contributed by atoms with Crippen LogP contribution < -0.4 is 16.0 Å². The van der Waals surface area contributed by atoms with E-state index < -0.39 is 0 Å². The number of hydrogen-bond donors (Lipinski definition) is 2. The molecule has 6 nitrogen and oxygen atoms in total. The Morgan fingerprint density at radius 3 is 2.67 bits per heavy atom. The second-order valence-electron chi connectivity index (χ2n) is 5.12. The summed E-state index contributed by atoms with van der Waals surface area (Å²) in [4.78, 5) is 15.0. The second kappa shape index (κ2) is 5.85. The monoisotopic (exact) mass is 348 g/mol. The van der Waals surface area contributed by atoms with Crippen molar-refractivity contribution in [3.8, 4) is 0 Å². The summed E-state index contributed by atoms with van der Waals surface area (Å²) >= 11 is 3.53. The van der Waals surface area contributed by atoms with Gasteiger partial charge in [0.25, 0.3) is 0 Å². The Bertz CT molecular complexity index is 654. The smallest absolute Gasteiger partial charge is 0.233 e. The molecule has 1 aromatic heterocycles. The number of nitrogens with one attached hydrogen (secondary N) is 1. The van der Waals surface area contributed by atoms with Crippen LogP contribution in [-0.2, 0) is 0 Å². The van der Waals surface area contributed by atoms with Crippen molar-refractivity contribution in [2.75, 3.05) is 29.0 Å².